The number of amides is 2. The molecule has 38 heavy (non-hydrogen) atoms. The monoisotopic (exact) mass is 524 g/mol. The predicted octanol–water partition coefficient (Wildman–Crippen LogP) is 2.92. The van der Waals surface area contributed by atoms with Gasteiger partial charge in [-0.1, -0.05) is 37.3 Å². The van der Waals surface area contributed by atoms with Crippen molar-refractivity contribution in [2.75, 3.05) is 0 Å². The number of aromatic nitrogens is 2. The van der Waals surface area contributed by atoms with Crippen LogP contribution in [-0.2, 0) is 11.2 Å². The average Bonchev–Trinajstić information content (AvgIpc) is 2.93. The molecular formula is C28H33FN4O5. The lowest BCUT2D eigenvalue weighted by Gasteiger charge is -2.41. The Hall–Kier alpha value is -3.47. The molecule has 2 aromatic carbocycles. The molecule has 1 heterocycles. The van der Waals surface area contributed by atoms with E-state index in [0.29, 0.717) is 42.6 Å². The maximum absolute atomic E-state index is 14.5. The Labute approximate surface area is 220 Å². The van der Waals surface area contributed by atoms with Gasteiger partial charge in [-0.05, 0) is 68.2 Å². The number of fused-ring (bicyclic) bond motifs is 1. The van der Waals surface area contributed by atoms with Gasteiger partial charge in [0.25, 0.3) is 5.91 Å². The molecule has 0 aliphatic heterocycles. The Kier molecular flexibility index (Phi) is 8.65. The van der Waals surface area contributed by atoms with Gasteiger partial charge in [0.15, 0.2) is 0 Å². The number of hydrogen-bond acceptors (Lipinski definition) is 7. The molecular weight excluding hydrogens is 491 g/mol. The van der Waals surface area contributed by atoms with E-state index in [1.165, 1.54) is 18.3 Å². The zero-order valence-electron chi connectivity index (χ0n) is 21.2. The quantitative estimate of drug-likeness (QED) is 0.214. The molecule has 1 fully saturated rings. The smallest absolute Gasteiger partial charge is 0.271 e. The summed E-state index contributed by atoms with van der Waals surface area (Å²) in [5, 5.41) is 34.7. The zero-order chi connectivity index (χ0) is 27.3. The van der Waals surface area contributed by atoms with Crippen LogP contribution >= 0.6 is 0 Å². The molecule has 1 saturated carbocycles. The fraction of sp³-hybridized carbons (Fsp3) is 0.429. The van der Waals surface area contributed by atoms with Crippen LogP contribution in [0.15, 0.2) is 54.7 Å². The number of benzene rings is 2. The molecule has 0 bridgehead atoms. The SMILES string of the molecule is CC1CCC(O)(C(CC(O)C(Cc2ccccc2F)NC(=O)c2cnc3ccccc3n2)C(=O)NO)CC1. The number of hydroxylamine groups is 1. The third-order valence-corrected chi connectivity index (χ3v) is 7.55. The lowest BCUT2D eigenvalue weighted by molar-refractivity contribution is -0.150. The number of carbonyl (C=O) groups is 2. The van der Waals surface area contributed by atoms with Gasteiger partial charge in [0.05, 0.1) is 40.9 Å². The van der Waals surface area contributed by atoms with E-state index < -0.39 is 41.3 Å². The Morgan fingerprint density at radius 2 is 1.76 bits per heavy atom. The van der Waals surface area contributed by atoms with Crippen LogP contribution in [0.3, 0.4) is 0 Å². The fourth-order valence-corrected chi connectivity index (χ4v) is 5.16. The predicted molar refractivity (Wildman–Crippen MR) is 138 cm³/mol. The lowest BCUT2D eigenvalue weighted by Crippen LogP contribution is -2.53. The summed E-state index contributed by atoms with van der Waals surface area (Å²) >= 11 is 0. The van der Waals surface area contributed by atoms with E-state index in [-0.39, 0.29) is 24.1 Å². The van der Waals surface area contributed by atoms with Crippen LogP contribution in [0.25, 0.3) is 11.0 Å². The molecule has 4 rings (SSSR count). The summed E-state index contributed by atoms with van der Waals surface area (Å²) in [5.41, 5.74) is 1.57. The average molecular weight is 525 g/mol. The standard InChI is InChI=1S/C28H33FN4O5/c1-17-10-12-28(37,13-11-17)19(26(35)33-38)15-25(34)23(14-18-6-2-3-7-20(18)29)32-27(36)24-16-30-21-8-4-5-9-22(21)31-24/h2-9,16-17,19,23,25,34,37-38H,10-15H2,1H3,(H,32,36)(H,33,35). The Bertz CT molecular complexity index is 1280. The van der Waals surface area contributed by atoms with E-state index in [2.05, 4.69) is 22.2 Å². The fourth-order valence-electron chi connectivity index (χ4n) is 5.16. The molecule has 5 N–H and O–H groups in total. The molecule has 3 aromatic rings. The number of nitrogens with one attached hydrogen (secondary N) is 2. The van der Waals surface area contributed by atoms with Crippen molar-refractivity contribution in [1.82, 2.24) is 20.8 Å². The molecule has 202 valence electrons. The number of halogens is 1. The van der Waals surface area contributed by atoms with Gasteiger partial charge in [0.1, 0.15) is 11.5 Å². The van der Waals surface area contributed by atoms with Gasteiger partial charge < -0.3 is 15.5 Å². The van der Waals surface area contributed by atoms with Crippen LogP contribution < -0.4 is 10.8 Å². The third-order valence-electron chi connectivity index (χ3n) is 7.55. The summed E-state index contributed by atoms with van der Waals surface area (Å²) in [7, 11) is 0. The van der Waals surface area contributed by atoms with Crippen molar-refractivity contribution in [3.63, 3.8) is 0 Å². The molecule has 1 aromatic heterocycles. The molecule has 1 aliphatic rings. The minimum absolute atomic E-state index is 0.0129. The maximum atomic E-state index is 14.5. The van der Waals surface area contributed by atoms with Crippen molar-refractivity contribution >= 4 is 22.8 Å². The summed E-state index contributed by atoms with van der Waals surface area (Å²) in [6, 6.07) is 12.0. The van der Waals surface area contributed by atoms with Gasteiger partial charge in [-0.15, -0.1) is 0 Å². The number of rotatable bonds is 9. The highest BCUT2D eigenvalue weighted by Crippen LogP contribution is 2.39. The minimum atomic E-state index is -1.43. The number of aliphatic hydroxyl groups excluding tert-OH is 1. The van der Waals surface area contributed by atoms with Crippen LogP contribution in [0.4, 0.5) is 4.39 Å². The normalized spacial score (nSPS) is 21.9. The van der Waals surface area contributed by atoms with Crippen molar-refractivity contribution in [2.24, 2.45) is 11.8 Å². The van der Waals surface area contributed by atoms with Crippen molar-refractivity contribution in [3.8, 4) is 0 Å². The number of carbonyl (C=O) groups excluding carboxylic acids is 2. The number of nitrogens with zero attached hydrogens (tertiary/aromatic N) is 2. The maximum Gasteiger partial charge on any atom is 0.271 e. The second-order valence-electron chi connectivity index (χ2n) is 10.2. The third kappa shape index (κ3) is 6.32. The van der Waals surface area contributed by atoms with E-state index in [9.17, 15) is 29.4 Å². The summed E-state index contributed by atoms with van der Waals surface area (Å²) in [6.45, 7) is 2.06. The first kappa shape index (κ1) is 27.6. The van der Waals surface area contributed by atoms with Crippen LogP contribution in [0.2, 0.25) is 0 Å². The van der Waals surface area contributed by atoms with Gasteiger partial charge >= 0.3 is 0 Å². The molecule has 1 aliphatic carbocycles. The van der Waals surface area contributed by atoms with E-state index in [4.69, 9.17) is 0 Å². The first-order valence-corrected chi connectivity index (χ1v) is 12.8. The first-order chi connectivity index (χ1) is 18.2. The van der Waals surface area contributed by atoms with E-state index in [1.807, 2.05) is 0 Å². The molecule has 2 amide bonds. The van der Waals surface area contributed by atoms with E-state index in [1.54, 1.807) is 41.9 Å². The number of para-hydroxylation sites is 2. The highest BCUT2D eigenvalue weighted by atomic mass is 19.1. The highest BCUT2D eigenvalue weighted by Gasteiger charge is 2.45. The Morgan fingerprint density at radius 3 is 2.45 bits per heavy atom. The van der Waals surface area contributed by atoms with Crippen molar-refractivity contribution in [3.05, 3.63) is 71.8 Å². The van der Waals surface area contributed by atoms with E-state index >= 15 is 0 Å². The van der Waals surface area contributed by atoms with Crippen LogP contribution in [0.1, 0.15) is 55.1 Å². The van der Waals surface area contributed by atoms with Crippen molar-refractivity contribution in [1.29, 1.82) is 0 Å². The second-order valence-corrected chi connectivity index (χ2v) is 10.2. The Morgan fingerprint density at radius 1 is 1.11 bits per heavy atom. The summed E-state index contributed by atoms with van der Waals surface area (Å²) in [6.07, 6.45) is 1.65. The molecule has 9 nitrogen and oxygen atoms in total. The topological polar surface area (TPSA) is 145 Å². The summed E-state index contributed by atoms with van der Waals surface area (Å²) in [5.74, 6) is -2.71. The Balaban J connectivity index is 1.59. The van der Waals surface area contributed by atoms with Crippen molar-refractivity contribution in [2.45, 2.75) is 63.2 Å². The second kappa shape index (κ2) is 11.9. The van der Waals surface area contributed by atoms with Gasteiger partial charge in [-0.25, -0.2) is 14.9 Å². The highest BCUT2D eigenvalue weighted by molar-refractivity contribution is 5.94. The van der Waals surface area contributed by atoms with Crippen LogP contribution in [0, 0.1) is 17.7 Å². The van der Waals surface area contributed by atoms with Gasteiger partial charge in [-0.2, -0.15) is 0 Å². The molecule has 3 atom stereocenters. The van der Waals surface area contributed by atoms with Crippen LogP contribution in [0.5, 0.6) is 0 Å². The zero-order valence-corrected chi connectivity index (χ0v) is 21.2. The first-order valence-electron chi connectivity index (χ1n) is 12.8. The summed E-state index contributed by atoms with van der Waals surface area (Å²) in [4.78, 5) is 34.4. The van der Waals surface area contributed by atoms with Gasteiger partial charge in [-0.3, -0.25) is 19.8 Å². The van der Waals surface area contributed by atoms with Crippen molar-refractivity contribution < 1.29 is 29.4 Å². The summed E-state index contributed by atoms with van der Waals surface area (Å²) < 4.78 is 14.5. The molecule has 0 spiro atoms. The molecule has 0 saturated heterocycles. The molecule has 3 unspecified atom stereocenters. The lowest BCUT2D eigenvalue weighted by atomic mass is 9.70. The van der Waals surface area contributed by atoms with Gasteiger partial charge in [0, 0.05) is 0 Å². The number of aliphatic hydroxyl groups is 2. The van der Waals surface area contributed by atoms with Gasteiger partial charge in [0.2, 0.25) is 5.91 Å². The van der Waals surface area contributed by atoms with Crippen LogP contribution in [-0.4, -0.2) is 54.9 Å². The minimum Gasteiger partial charge on any atom is -0.391 e. The van der Waals surface area contributed by atoms with E-state index in [0.717, 1.165) is 0 Å². The molecule has 0 radical (unpaired) electrons. The largest absolute Gasteiger partial charge is 0.391 e. The number of hydrogen-bond donors (Lipinski definition) is 5. The molecule has 10 heteroatoms.